The van der Waals surface area contributed by atoms with E-state index in [1.54, 1.807) is 0 Å². The van der Waals surface area contributed by atoms with Crippen molar-refractivity contribution < 1.29 is 4.79 Å². The van der Waals surface area contributed by atoms with Crippen molar-refractivity contribution in [2.75, 3.05) is 0 Å². The quantitative estimate of drug-likeness (QED) is 0.720. The van der Waals surface area contributed by atoms with Crippen molar-refractivity contribution in [1.29, 1.82) is 0 Å². The van der Waals surface area contributed by atoms with Gasteiger partial charge in [0, 0.05) is 12.0 Å². The molecular formula is C15H14N4O3. The Hall–Kier alpha value is -2.70. The average molecular weight is 298 g/mol. The maximum Gasteiger partial charge on any atom is 0.342 e. The number of nitrogens with one attached hydrogen (secondary N) is 3. The van der Waals surface area contributed by atoms with E-state index in [-0.39, 0.29) is 11.7 Å². The van der Waals surface area contributed by atoms with E-state index in [1.807, 2.05) is 17.1 Å². The third-order valence-electron chi connectivity index (χ3n) is 4.55. The van der Waals surface area contributed by atoms with Gasteiger partial charge < -0.3 is 5.32 Å². The predicted octanol–water partition coefficient (Wildman–Crippen LogP) is -0.0836. The summed E-state index contributed by atoms with van der Waals surface area (Å²) in [7, 11) is 0. The van der Waals surface area contributed by atoms with Gasteiger partial charge in [0.25, 0.3) is 11.5 Å². The van der Waals surface area contributed by atoms with E-state index in [1.165, 1.54) is 11.1 Å². The summed E-state index contributed by atoms with van der Waals surface area (Å²) in [6.07, 6.45) is 2.04. The third kappa shape index (κ3) is 1.97. The van der Waals surface area contributed by atoms with Crippen molar-refractivity contribution in [2.24, 2.45) is 5.92 Å². The maximum atomic E-state index is 12.2. The molecule has 0 spiro atoms. The highest BCUT2D eigenvalue weighted by Crippen LogP contribution is 2.54. The fraction of sp³-hybridized carbons (Fsp3) is 0.333. The lowest BCUT2D eigenvalue weighted by Gasteiger charge is -2.13. The Morgan fingerprint density at radius 2 is 2.09 bits per heavy atom. The summed E-state index contributed by atoms with van der Waals surface area (Å²) in [5.41, 5.74) is 0.810. The van der Waals surface area contributed by atoms with E-state index < -0.39 is 17.2 Å². The molecule has 7 nitrogen and oxygen atoms in total. The number of aromatic amines is 2. The maximum absolute atomic E-state index is 12.2. The molecule has 3 unspecified atom stereocenters. The summed E-state index contributed by atoms with van der Waals surface area (Å²) in [5.74, 6) is 0.186. The van der Waals surface area contributed by atoms with E-state index in [0.29, 0.717) is 11.8 Å². The summed E-state index contributed by atoms with van der Waals surface area (Å²) in [6.45, 7) is 0. The topological polar surface area (TPSA) is 108 Å². The number of amides is 1. The Bertz CT molecular complexity index is 869. The van der Waals surface area contributed by atoms with E-state index >= 15 is 0 Å². The lowest BCUT2D eigenvalue weighted by Crippen LogP contribution is -2.37. The molecule has 0 bridgehead atoms. The van der Waals surface area contributed by atoms with E-state index in [0.717, 1.165) is 12.8 Å². The van der Waals surface area contributed by atoms with Crippen LogP contribution in [0.2, 0.25) is 0 Å². The van der Waals surface area contributed by atoms with Gasteiger partial charge in [-0.2, -0.15) is 5.10 Å². The number of H-pyrrole nitrogens is 2. The highest BCUT2D eigenvalue weighted by atomic mass is 16.2. The monoisotopic (exact) mass is 298 g/mol. The second-order valence-electron chi connectivity index (χ2n) is 5.78. The fourth-order valence-electron chi connectivity index (χ4n) is 3.48. The zero-order valence-electron chi connectivity index (χ0n) is 11.6. The molecule has 1 amide bonds. The minimum atomic E-state index is -0.773. The third-order valence-corrected chi connectivity index (χ3v) is 4.55. The molecule has 3 N–H and O–H groups in total. The van der Waals surface area contributed by atoms with Crippen LogP contribution in [0.1, 0.15) is 34.0 Å². The molecule has 1 heterocycles. The van der Waals surface area contributed by atoms with Crippen molar-refractivity contribution in [3.63, 3.8) is 0 Å². The van der Waals surface area contributed by atoms with Crippen LogP contribution in [0.15, 0.2) is 33.9 Å². The smallest absolute Gasteiger partial charge is 0.342 e. The standard InChI is InChI=1S/C15H14N4O3/c20-13(12-14(21)17-15(22)19-18-12)16-11-9-6-5-7-3-1-2-4-8(7)10(9)11/h1-4,9-11H,5-6H2,(H,16,20)(H2,17,19,21,22). The molecule has 2 aromatic rings. The Balaban J connectivity index is 1.55. The highest BCUT2D eigenvalue weighted by molar-refractivity contribution is 5.92. The summed E-state index contributed by atoms with van der Waals surface area (Å²) in [5, 5.41) is 8.47. The van der Waals surface area contributed by atoms with Gasteiger partial charge in [-0.05, 0) is 29.9 Å². The number of nitrogens with zero attached hydrogens (tertiary/aromatic N) is 1. The van der Waals surface area contributed by atoms with Crippen molar-refractivity contribution in [3.05, 3.63) is 61.9 Å². The highest BCUT2D eigenvalue weighted by Gasteiger charge is 2.54. The van der Waals surface area contributed by atoms with Crippen LogP contribution in [-0.2, 0) is 6.42 Å². The molecule has 112 valence electrons. The molecule has 3 atom stereocenters. The number of rotatable bonds is 2. The van der Waals surface area contributed by atoms with Gasteiger partial charge in [0.2, 0.25) is 5.69 Å². The molecule has 2 aliphatic rings. The van der Waals surface area contributed by atoms with Crippen molar-refractivity contribution in [2.45, 2.75) is 24.8 Å². The average Bonchev–Trinajstić information content (AvgIpc) is 3.20. The largest absolute Gasteiger partial charge is 0.347 e. The number of carbonyl (C=O) groups excluding carboxylic acids is 1. The van der Waals surface area contributed by atoms with E-state index in [9.17, 15) is 14.4 Å². The second-order valence-corrected chi connectivity index (χ2v) is 5.78. The molecule has 0 aliphatic heterocycles. The molecule has 1 aromatic carbocycles. The van der Waals surface area contributed by atoms with Crippen LogP contribution in [0.3, 0.4) is 0 Å². The molecule has 1 saturated carbocycles. The first-order valence-corrected chi connectivity index (χ1v) is 7.23. The van der Waals surface area contributed by atoms with Gasteiger partial charge >= 0.3 is 5.69 Å². The lowest BCUT2D eigenvalue weighted by molar-refractivity contribution is 0.0940. The van der Waals surface area contributed by atoms with E-state index in [2.05, 4.69) is 27.6 Å². The minimum Gasteiger partial charge on any atom is -0.347 e. The van der Waals surface area contributed by atoms with Crippen molar-refractivity contribution in [1.82, 2.24) is 20.5 Å². The van der Waals surface area contributed by atoms with Gasteiger partial charge in [0.05, 0.1) is 0 Å². The summed E-state index contributed by atoms with van der Waals surface area (Å²) >= 11 is 0. The zero-order chi connectivity index (χ0) is 15.3. The Kier molecular flexibility index (Phi) is 2.75. The Morgan fingerprint density at radius 1 is 1.27 bits per heavy atom. The number of fused-ring (bicyclic) bond motifs is 3. The van der Waals surface area contributed by atoms with Crippen LogP contribution >= 0.6 is 0 Å². The van der Waals surface area contributed by atoms with Gasteiger partial charge in [-0.1, -0.05) is 24.3 Å². The van der Waals surface area contributed by atoms with Crippen LogP contribution in [-0.4, -0.2) is 27.1 Å². The summed E-state index contributed by atoms with van der Waals surface area (Å²) in [6, 6.07) is 8.29. The zero-order valence-corrected chi connectivity index (χ0v) is 11.6. The number of aromatic nitrogens is 3. The molecule has 2 aliphatic carbocycles. The molecule has 1 aromatic heterocycles. The molecule has 22 heavy (non-hydrogen) atoms. The molecule has 0 radical (unpaired) electrons. The number of carbonyl (C=O) groups is 1. The lowest BCUT2D eigenvalue weighted by atomic mass is 9.92. The normalized spacial score (nSPS) is 25.0. The molecular weight excluding hydrogens is 284 g/mol. The van der Waals surface area contributed by atoms with Gasteiger partial charge in [0.15, 0.2) is 0 Å². The SMILES string of the molecule is O=C(NC1C2CCc3ccccc3C21)c1n[nH]c(=O)[nH]c1=O. The molecule has 0 saturated heterocycles. The number of hydrogen-bond acceptors (Lipinski definition) is 4. The Morgan fingerprint density at radius 3 is 2.91 bits per heavy atom. The minimum absolute atomic E-state index is 0.0317. The van der Waals surface area contributed by atoms with Crippen LogP contribution in [0.5, 0.6) is 0 Å². The van der Waals surface area contributed by atoms with Gasteiger partial charge in [-0.15, -0.1) is 0 Å². The second kappa shape index (κ2) is 4.66. The number of hydrogen-bond donors (Lipinski definition) is 3. The first kappa shape index (κ1) is 13.0. The van der Waals surface area contributed by atoms with Gasteiger partial charge in [-0.3, -0.25) is 14.6 Å². The van der Waals surface area contributed by atoms with Crippen LogP contribution < -0.4 is 16.6 Å². The number of aryl methyl sites for hydroxylation is 1. The molecule has 7 heteroatoms. The first-order chi connectivity index (χ1) is 10.6. The predicted molar refractivity (Wildman–Crippen MR) is 77.7 cm³/mol. The van der Waals surface area contributed by atoms with E-state index in [4.69, 9.17) is 0 Å². The van der Waals surface area contributed by atoms with Gasteiger partial charge in [0.1, 0.15) is 0 Å². The van der Waals surface area contributed by atoms with Crippen LogP contribution in [0, 0.1) is 5.92 Å². The summed E-state index contributed by atoms with van der Waals surface area (Å²) < 4.78 is 0. The van der Waals surface area contributed by atoms with Crippen molar-refractivity contribution in [3.8, 4) is 0 Å². The van der Waals surface area contributed by atoms with Gasteiger partial charge in [-0.25, -0.2) is 9.89 Å². The Labute approximate surface area is 124 Å². The molecule has 1 fully saturated rings. The fourth-order valence-corrected chi connectivity index (χ4v) is 3.48. The summed E-state index contributed by atoms with van der Waals surface area (Å²) in [4.78, 5) is 36.7. The van der Waals surface area contributed by atoms with Crippen LogP contribution in [0.25, 0.3) is 0 Å². The number of benzene rings is 1. The molecule has 4 rings (SSSR count). The van der Waals surface area contributed by atoms with Crippen LogP contribution in [0.4, 0.5) is 0 Å². The van der Waals surface area contributed by atoms with Crippen molar-refractivity contribution >= 4 is 5.91 Å². The first-order valence-electron chi connectivity index (χ1n) is 7.23.